The molecular formula is C19H23NO5. The largest absolute Gasteiger partial charge is 0.494 e. The van der Waals surface area contributed by atoms with E-state index in [2.05, 4.69) is 5.32 Å². The average Bonchev–Trinajstić information content (AvgIpc) is 2.98. The van der Waals surface area contributed by atoms with Crippen LogP contribution in [0.4, 0.5) is 0 Å². The summed E-state index contributed by atoms with van der Waals surface area (Å²) < 4.78 is 11.0. The van der Waals surface area contributed by atoms with Crippen LogP contribution in [0.15, 0.2) is 34.7 Å². The molecule has 2 N–H and O–H groups in total. The first-order valence-corrected chi connectivity index (χ1v) is 8.30. The summed E-state index contributed by atoms with van der Waals surface area (Å²) in [5.41, 5.74) is 1.92. The Hall–Kier alpha value is -2.76. The van der Waals surface area contributed by atoms with E-state index >= 15 is 0 Å². The molecule has 2 rings (SSSR count). The summed E-state index contributed by atoms with van der Waals surface area (Å²) in [6, 6.07) is 9.07. The van der Waals surface area contributed by atoms with Crippen molar-refractivity contribution < 1.29 is 23.8 Å². The number of nitrogens with one attached hydrogen (secondary N) is 1. The molecule has 0 aliphatic rings. The Morgan fingerprint density at radius 1 is 1.24 bits per heavy atom. The molecule has 0 aliphatic heterocycles. The zero-order valence-corrected chi connectivity index (χ0v) is 14.5. The van der Waals surface area contributed by atoms with Gasteiger partial charge in [0, 0.05) is 19.4 Å². The molecule has 0 radical (unpaired) electrons. The predicted molar refractivity (Wildman–Crippen MR) is 92.8 cm³/mol. The van der Waals surface area contributed by atoms with Gasteiger partial charge in [-0.1, -0.05) is 19.1 Å². The highest BCUT2D eigenvalue weighted by Gasteiger charge is 2.13. The highest BCUT2D eigenvalue weighted by Crippen LogP contribution is 2.16. The van der Waals surface area contributed by atoms with Crippen LogP contribution in [0.3, 0.4) is 0 Å². The molecule has 6 heteroatoms. The van der Waals surface area contributed by atoms with Gasteiger partial charge >= 0.3 is 5.97 Å². The first kappa shape index (κ1) is 18.6. The monoisotopic (exact) mass is 345 g/mol. The quantitative estimate of drug-likeness (QED) is 0.681. The molecule has 1 amide bonds. The Labute approximate surface area is 146 Å². The summed E-state index contributed by atoms with van der Waals surface area (Å²) in [6.45, 7) is 4.66. The van der Waals surface area contributed by atoms with E-state index in [0.717, 1.165) is 23.3 Å². The summed E-state index contributed by atoms with van der Waals surface area (Å²) in [6.07, 6.45) is 1.32. The Morgan fingerprint density at radius 3 is 2.56 bits per heavy atom. The number of aryl methyl sites for hydroxylation is 2. The number of aliphatic carboxylic acids is 1. The topological polar surface area (TPSA) is 88.8 Å². The molecule has 0 saturated carbocycles. The minimum atomic E-state index is -0.826. The number of amides is 1. The van der Waals surface area contributed by atoms with Gasteiger partial charge in [-0.25, -0.2) is 0 Å². The number of carbonyl (C=O) groups is 2. The number of rotatable bonds is 9. The van der Waals surface area contributed by atoms with Crippen molar-refractivity contribution in [2.45, 2.75) is 39.7 Å². The van der Waals surface area contributed by atoms with Crippen molar-refractivity contribution in [3.63, 3.8) is 0 Å². The van der Waals surface area contributed by atoms with Gasteiger partial charge in [-0.05, 0) is 42.7 Å². The van der Waals surface area contributed by atoms with E-state index in [0.29, 0.717) is 31.1 Å². The lowest BCUT2D eigenvalue weighted by Gasteiger charge is -2.07. The number of carbonyl (C=O) groups excluding carboxylic acids is 1. The van der Waals surface area contributed by atoms with Gasteiger partial charge in [0.15, 0.2) is 5.76 Å². The minimum Gasteiger partial charge on any atom is -0.494 e. The third kappa shape index (κ3) is 5.67. The molecule has 1 heterocycles. The van der Waals surface area contributed by atoms with Gasteiger partial charge in [-0.2, -0.15) is 0 Å². The van der Waals surface area contributed by atoms with E-state index < -0.39 is 5.97 Å². The first-order valence-electron chi connectivity index (χ1n) is 8.30. The van der Waals surface area contributed by atoms with Crippen LogP contribution in [-0.2, 0) is 17.8 Å². The molecule has 0 spiro atoms. The predicted octanol–water partition coefficient (Wildman–Crippen LogP) is 3.32. The van der Waals surface area contributed by atoms with E-state index in [1.165, 1.54) is 0 Å². The van der Waals surface area contributed by atoms with Crippen molar-refractivity contribution in [1.82, 2.24) is 5.32 Å². The minimum absolute atomic E-state index is 0.0934. The van der Waals surface area contributed by atoms with E-state index in [-0.39, 0.29) is 12.3 Å². The Morgan fingerprint density at radius 2 is 1.96 bits per heavy atom. The second kappa shape index (κ2) is 8.92. The van der Waals surface area contributed by atoms with Crippen LogP contribution in [-0.4, -0.2) is 23.6 Å². The fraction of sp³-hybridized carbons (Fsp3) is 0.368. The van der Waals surface area contributed by atoms with Crippen molar-refractivity contribution in [2.75, 3.05) is 6.61 Å². The van der Waals surface area contributed by atoms with Gasteiger partial charge in [0.05, 0.1) is 6.61 Å². The Bertz CT molecular complexity index is 718. The molecule has 0 aliphatic carbocycles. The highest BCUT2D eigenvalue weighted by atomic mass is 16.5. The summed E-state index contributed by atoms with van der Waals surface area (Å²) in [4.78, 5) is 22.5. The van der Waals surface area contributed by atoms with Crippen LogP contribution in [0, 0.1) is 6.92 Å². The number of carboxylic acid groups (broad SMARTS) is 1. The number of ether oxygens (including phenoxy) is 1. The highest BCUT2D eigenvalue weighted by molar-refractivity contribution is 5.91. The maximum Gasteiger partial charge on any atom is 0.303 e. The molecule has 134 valence electrons. The first-order chi connectivity index (χ1) is 12.0. The maximum absolute atomic E-state index is 12.1. The summed E-state index contributed by atoms with van der Waals surface area (Å²) in [7, 11) is 0. The third-order valence-corrected chi connectivity index (χ3v) is 3.75. The molecule has 0 unspecified atom stereocenters. The van der Waals surface area contributed by atoms with Crippen LogP contribution < -0.4 is 10.1 Å². The van der Waals surface area contributed by atoms with Crippen LogP contribution in [0.2, 0.25) is 0 Å². The van der Waals surface area contributed by atoms with E-state index in [1.807, 2.05) is 26.0 Å². The second-order valence-electron chi connectivity index (χ2n) is 5.74. The van der Waals surface area contributed by atoms with Gasteiger partial charge in [-0.15, -0.1) is 0 Å². The summed E-state index contributed by atoms with van der Waals surface area (Å²) in [5, 5.41) is 11.4. The molecule has 0 bridgehead atoms. The number of hydrogen-bond acceptors (Lipinski definition) is 4. The fourth-order valence-electron chi connectivity index (χ4n) is 2.37. The molecule has 6 nitrogen and oxygen atoms in total. The SMILES string of the molecule is CCc1oc(C(=O)NCc2ccc(OCCCC(=O)O)cc2)cc1C. The Balaban J connectivity index is 1.80. The van der Waals surface area contributed by atoms with Gasteiger partial charge in [-0.3, -0.25) is 9.59 Å². The van der Waals surface area contributed by atoms with Crippen molar-refractivity contribution in [2.24, 2.45) is 0 Å². The van der Waals surface area contributed by atoms with Crippen LogP contribution >= 0.6 is 0 Å². The molecule has 0 atom stereocenters. The number of benzene rings is 1. The van der Waals surface area contributed by atoms with E-state index in [4.69, 9.17) is 14.3 Å². The van der Waals surface area contributed by atoms with Gasteiger partial charge in [0.2, 0.25) is 0 Å². The lowest BCUT2D eigenvalue weighted by molar-refractivity contribution is -0.137. The molecule has 25 heavy (non-hydrogen) atoms. The van der Waals surface area contributed by atoms with Gasteiger partial charge in [0.25, 0.3) is 5.91 Å². The third-order valence-electron chi connectivity index (χ3n) is 3.75. The summed E-state index contributed by atoms with van der Waals surface area (Å²) >= 11 is 0. The van der Waals surface area contributed by atoms with E-state index in [1.54, 1.807) is 18.2 Å². The van der Waals surface area contributed by atoms with Crippen molar-refractivity contribution >= 4 is 11.9 Å². The van der Waals surface area contributed by atoms with E-state index in [9.17, 15) is 9.59 Å². The zero-order valence-electron chi connectivity index (χ0n) is 14.5. The van der Waals surface area contributed by atoms with Gasteiger partial charge in [0.1, 0.15) is 11.5 Å². The van der Waals surface area contributed by atoms with Crippen LogP contribution in [0.5, 0.6) is 5.75 Å². The van der Waals surface area contributed by atoms with Crippen molar-refractivity contribution in [3.05, 3.63) is 53.0 Å². The second-order valence-corrected chi connectivity index (χ2v) is 5.74. The normalized spacial score (nSPS) is 10.5. The molecule has 0 fully saturated rings. The number of furan rings is 1. The van der Waals surface area contributed by atoms with Gasteiger partial charge < -0.3 is 19.6 Å². The van der Waals surface area contributed by atoms with Crippen LogP contribution in [0.25, 0.3) is 0 Å². The maximum atomic E-state index is 12.1. The fourth-order valence-corrected chi connectivity index (χ4v) is 2.37. The van der Waals surface area contributed by atoms with Crippen molar-refractivity contribution in [1.29, 1.82) is 0 Å². The van der Waals surface area contributed by atoms with Crippen LogP contribution in [0.1, 0.15) is 47.2 Å². The standard InChI is InChI=1S/C19H23NO5/c1-3-16-13(2)11-17(25-16)19(23)20-12-14-6-8-15(9-7-14)24-10-4-5-18(21)22/h6-9,11H,3-5,10,12H2,1-2H3,(H,20,23)(H,21,22). The molecule has 1 aromatic heterocycles. The number of hydrogen-bond donors (Lipinski definition) is 2. The lowest BCUT2D eigenvalue weighted by atomic mass is 10.2. The smallest absolute Gasteiger partial charge is 0.303 e. The molecule has 2 aromatic rings. The molecule has 1 aromatic carbocycles. The van der Waals surface area contributed by atoms with Crippen molar-refractivity contribution in [3.8, 4) is 5.75 Å². The molecular weight excluding hydrogens is 322 g/mol. The lowest BCUT2D eigenvalue weighted by Crippen LogP contribution is -2.22. The number of carboxylic acids is 1. The zero-order chi connectivity index (χ0) is 18.2. The Kier molecular flexibility index (Phi) is 6.62. The average molecular weight is 345 g/mol. The molecule has 0 saturated heterocycles. The summed E-state index contributed by atoms with van der Waals surface area (Å²) in [5.74, 6) is 0.765.